The van der Waals surface area contributed by atoms with Crippen LogP contribution in [0.5, 0.6) is 0 Å². The highest BCUT2D eigenvalue weighted by atomic mass is 32.2. The van der Waals surface area contributed by atoms with Crippen LogP contribution in [0.15, 0.2) is 12.7 Å². The average Bonchev–Trinajstić information content (AvgIpc) is 3.46. The van der Waals surface area contributed by atoms with E-state index in [9.17, 15) is 19.5 Å². The minimum Gasteiger partial charge on any atom is -0.466 e. The molecule has 4 rings (SSSR count). The van der Waals surface area contributed by atoms with Crippen LogP contribution < -0.4 is 0 Å². The number of rotatable bonds is 12. The largest absolute Gasteiger partial charge is 0.466 e. The van der Waals surface area contributed by atoms with E-state index < -0.39 is 22.6 Å². The molecule has 0 radical (unpaired) electrons. The summed E-state index contributed by atoms with van der Waals surface area (Å²) in [6.45, 7) is 13.2. The van der Waals surface area contributed by atoms with Gasteiger partial charge in [-0.1, -0.05) is 13.0 Å². The molecule has 36 heavy (non-hydrogen) atoms. The fourth-order valence-corrected chi connectivity index (χ4v) is 9.05. The zero-order valence-corrected chi connectivity index (χ0v) is 22.4. The van der Waals surface area contributed by atoms with Gasteiger partial charge in [-0.25, -0.2) is 0 Å². The number of nitrogens with zero attached hydrogens (tertiary/aromatic N) is 3. The number of fused-ring (bicyclic) bond motifs is 1. The van der Waals surface area contributed by atoms with E-state index in [0.29, 0.717) is 45.7 Å². The maximum atomic E-state index is 14.3. The van der Waals surface area contributed by atoms with Gasteiger partial charge in [0.25, 0.3) is 0 Å². The smallest absolute Gasteiger partial charge is 0.310 e. The van der Waals surface area contributed by atoms with E-state index >= 15 is 0 Å². The summed E-state index contributed by atoms with van der Waals surface area (Å²) in [5, 5.41) is 9.34. The number of aliphatic hydroxyl groups is 1. The van der Waals surface area contributed by atoms with Crippen molar-refractivity contribution in [2.24, 2.45) is 17.8 Å². The van der Waals surface area contributed by atoms with Crippen molar-refractivity contribution in [3.63, 3.8) is 0 Å². The molecule has 1 spiro atoms. The molecule has 2 amide bonds. The number of thioether (sulfide) groups is 1. The Hall–Kier alpha value is -1.62. The molecule has 0 saturated carbocycles. The Morgan fingerprint density at radius 1 is 1.31 bits per heavy atom. The van der Waals surface area contributed by atoms with Crippen LogP contribution in [0.3, 0.4) is 0 Å². The molecule has 0 aliphatic carbocycles. The standard InChI is InChI=1S/C26H41N3O6S/c1-4-8-28(11-10-27-12-15-34-16-13-27)24(32)22-26-18(3)17-19(36-26)20(25(33)35-5-2)21(26)23(31)29(22)9-6-7-14-30/h4,18-22,30H,1,5-17H2,2-3H3/t18?,19-,20+,21+,22?,26?/m1/s1. The number of hydrogen-bond acceptors (Lipinski definition) is 8. The van der Waals surface area contributed by atoms with Gasteiger partial charge in [0, 0.05) is 51.1 Å². The third kappa shape index (κ3) is 4.81. The molecule has 9 nitrogen and oxygen atoms in total. The zero-order valence-electron chi connectivity index (χ0n) is 21.6. The van der Waals surface area contributed by atoms with Crippen LogP contribution in [0.25, 0.3) is 0 Å². The van der Waals surface area contributed by atoms with E-state index in [0.717, 1.165) is 26.1 Å². The van der Waals surface area contributed by atoms with Gasteiger partial charge in [0.1, 0.15) is 6.04 Å². The first-order valence-corrected chi connectivity index (χ1v) is 14.2. The number of hydrogen-bond donors (Lipinski definition) is 1. The van der Waals surface area contributed by atoms with Gasteiger partial charge in [-0.15, -0.1) is 18.3 Å². The Morgan fingerprint density at radius 3 is 2.72 bits per heavy atom. The Kier molecular flexibility index (Phi) is 9.01. The summed E-state index contributed by atoms with van der Waals surface area (Å²) in [5.41, 5.74) is 0. The summed E-state index contributed by atoms with van der Waals surface area (Å²) in [5.74, 6) is -1.44. The highest BCUT2D eigenvalue weighted by molar-refractivity contribution is 8.02. The molecule has 0 aromatic heterocycles. The lowest BCUT2D eigenvalue weighted by Crippen LogP contribution is -2.58. The fourth-order valence-electron chi connectivity index (χ4n) is 6.65. The molecule has 10 heteroatoms. The number of morpholine rings is 1. The first-order valence-electron chi connectivity index (χ1n) is 13.4. The number of aliphatic hydroxyl groups excluding tert-OH is 1. The first-order chi connectivity index (χ1) is 17.4. The number of carbonyl (C=O) groups is 3. The summed E-state index contributed by atoms with van der Waals surface area (Å²) in [6.07, 6.45) is 3.70. The molecule has 1 N–H and O–H groups in total. The van der Waals surface area contributed by atoms with Gasteiger partial charge in [0.15, 0.2) is 0 Å². The Bertz CT molecular complexity index is 836. The lowest BCUT2D eigenvalue weighted by atomic mass is 9.66. The van der Waals surface area contributed by atoms with Crippen molar-refractivity contribution in [2.75, 3.05) is 65.7 Å². The summed E-state index contributed by atoms with van der Waals surface area (Å²) < 4.78 is 10.2. The van der Waals surface area contributed by atoms with Gasteiger partial charge >= 0.3 is 5.97 Å². The Morgan fingerprint density at radius 2 is 2.06 bits per heavy atom. The number of unbranched alkanes of at least 4 members (excludes halogenated alkanes) is 1. The van der Waals surface area contributed by atoms with Gasteiger partial charge < -0.3 is 24.4 Å². The van der Waals surface area contributed by atoms with Crippen LogP contribution in [0.1, 0.15) is 33.1 Å². The molecule has 202 valence electrons. The second kappa shape index (κ2) is 11.8. The van der Waals surface area contributed by atoms with Crippen molar-refractivity contribution in [3.8, 4) is 0 Å². The van der Waals surface area contributed by atoms with Gasteiger partial charge in [-0.3, -0.25) is 19.3 Å². The van der Waals surface area contributed by atoms with Crippen LogP contribution in [0.2, 0.25) is 0 Å². The van der Waals surface area contributed by atoms with Gasteiger partial charge in [-0.05, 0) is 32.1 Å². The van der Waals surface area contributed by atoms with Crippen LogP contribution in [-0.2, 0) is 23.9 Å². The summed E-state index contributed by atoms with van der Waals surface area (Å²) in [6, 6.07) is -0.636. The van der Waals surface area contributed by atoms with Crippen LogP contribution in [-0.4, -0.2) is 119 Å². The predicted octanol–water partition coefficient (Wildman–Crippen LogP) is 1.01. The third-order valence-corrected chi connectivity index (χ3v) is 10.4. The van der Waals surface area contributed by atoms with Crippen molar-refractivity contribution < 1.29 is 29.0 Å². The van der Waals surface area contributed by atoms with Gasteiger partial charge in [0.2, 0.25) is 11.8 Å². The van der Waals surface area contributed by atoms with Crippen molar-refractivity contribution in [1.29, 1.82) is 0 Å². The third-order valence-electron chi connectivity index (χ3n) is 8.30. The molecule has 2 bridgehead atoms. The molecule has 3 unspecified atom stereocenters. The lowest BCUT2D eigenvalue weighted by Gasteiger charge is -2.41. The summed E-state index contributed by atoms with van der Waals surface area (Å²) >= 11 is 1.67. The zero-order chi connectivity index (χ0) is 25.9. The SMILES string of the molecule is C=CCN(CCN1CCOCC1)C(=O)C1N(CCCCO)C(=O)[C@@H]2[C@@H](C(=O)OCC)[C@H]3CC(C)C12S3. The number of likely N-dealkylation sites (tertiary alicyclic amines) is 1. The monoisotopic (exact) mass is 523 g/mol. The average molecular weight is 524 g/mol. The second-order valence-corrected chi connectivity index (χ2v) is 11.8. The quantitative estimate of drug-likeness (QED) is 0.230. The molecular weight excluding hydrogens is 482 g/mol. The molecule has 0 aromatic rings. The van der Waals surface area contributed by atoms with Crippen LogP contribution in [0.4, 0.5) is 0 Å². The van der Waals surface area contributed by atoms with E-state index in [1.807, 2.05) is 4.90 Å². The maximum absolute atomic E-state index is 14.3. The predicted molar refractivity (Wildman–Crippen MR) is 137 cm³/mol. The van der Waals surface area contributed by atoms with E-state index in [1.54, 1.807) is 29.7 Å². The topological polar surface area (TPSA) is 99.6 Å². The van der Waals surface area contributed by atoms with E-state index in [1.165, 1.54) is 0 Å². The Balaban J connectivity index is 1.64. The van der Waals surface area contributed by atoms with Gasteiger partial charge in [0.05, 0.1) is 36.4 Å². The molecule has 4 fully saturated rings. The molecule has 4 aliphatic heterocycles. The molecule has 4 aliphatic rings. The normalized spacial score (nSPS) is 33.6. The van der Waals surface area contributed by atoms with Crippen LogP contribution >= 0.6 is 11.8 Å². The van der Waals surface area contributed by atoms with Crippen molar-refractivity contribution in [3.05, 3.63) is 12.7 Å². The van der Waals surface area contributed by atoms with E-state index in [4.69, 9.17) is 9.47 Å². The second-order valence-electron chi connectivity index (χ2n) is 10.3. The van der Waals surface area contributed by atoms with Gasteiger partial charge in [-0.2, -0.15) is 0 Å². The lowest BCUT2D eigenvalue weighted by molar-refractivity contribution is -0.154. The number of esters is 1. The molecule has 0 aromatic carbocycles. The van der Waals surface area contributed by atoms with Crippen molar-refractivity contribution in [1.82, 2.24) is 14.7 Å². The number of amides is 2. The molecular formula is C26H41N3O6S. The summed E-state index contributed by atoms with van der Waals surface area (Å²) in [4.78, 5) is 47.2. The van der Waals surface area contributed by atoms with Crippen LogP contribution in [0, 0.1) is 17.8 Å². The van der Waals surface area contributed by atoms with E-state index in [2.05, 4.69) is 18.4 Å². The van der Waals surface area contributed by atoms with Crippen molar-refractivity contribution >= 4 is 29.5 Å². The number of carbonyl (C=O) groups excluding carboxylic acids is 3. The van der Waals surface area contributed by atoms with E-state index in [-0.39, 0.29) is 42.2 Å². The maximum Gasteiger partial charge on any atom is 0.310 e. The highest BCUT2D eigenvalue weighted by Crippen LogP contribution is 2.68. The highest BCUT2D eigenvalue weighted by Gasteiger charge is 2.76. The minimum atomic E-state index is -0.645. The first kappa shape index (κ1) is 27.4. The minimum absolute atomic E-state index is 0.0101. The van der Waals surface area contributed by atoms with Crippen molar-refractivity contribution in [2.45, 2.75) is 49.1 Å². The molecule has 4 saturated heterocycles. The fraction of sp³-hybridized carbons (Fsp3) is 0.808. The molecule has 4 heterocycles. The molecule has 6 atom stereocenters. The number of ether oxygens (including phenoxy) is 2. The summed E-state index contributed by atoms with van der Waals surface area (Å²) in [7, 11) is 0. The Labute approximate surface area is 218 Å².